The predicted molar refractivity (Wildman–Crippen MR) is 122 cm³/mol. The highest BCUT2D eigenvalue weighted by molar-refractivity contribution is 7.98. The fourth-order valence-corrected chi connectivity index (χ4v) is 3.91. The smallest absolute Gasteiger partial charge is 0.224 e. The molecule has 2 heterocycles. The van der Waals surface area contributed by atoms with E-state index >= 15 is 0 Å². The molecule has 0 spiro atoms. The molecule has 0 saturated carbocycles. The van der Waals surface area contributed by atoms with Crippen molar-refractivity contribution in [3.8, 4) is 11.4 Å². The molecule has 30 heavy (non-hydrogen) atoms. The normalized spacial score (nSPS) is 11.0. The minimum Gasteiger partial charge on any atom is -0.338 e. The molecule has 0 saturated heterocycles. The summed E-state index contributed by atoms with van der Waals surface area (Å²) < 4.78 is 0. The molecule has 0 bridgehead atoms. The molecule has 0 aliphatic heterocycles. The van der Waals surface area contributed by atoms with Crippen LogP contribution in [-0.2, 0) is 11.2 Å². The summed E-state index contributed by atoms with van der Waals surface area (Å²) >= 11 is 1.52. The van der Waals surface area contributed by atoms with E-state index < -0.39 is 0 Å². The number of rotatable bonds is 6. The molecule has 0 radical (unpaired) electrons. The molecule has 7 heteroatoms. The Morgan fingerprint density at radius 3 is 2.53 bits per heavy atom. The maximum Gasteiger partial charge on any atom is 0.224 e. The van der Waals surface area contributed by atoms with Crippen molar-refractivity contribution in [1.29, 1.82) is 0 Å². The number of aromatic amines is 1. The molecule has 2 N–H and O–H groups in total. The number of H-pyrrole nitrogens is 1. The van der Waals surface area contributed by atoms with Gasteiger partial charge in [0.1, 0.15) is 5.82 Å². The summed E-state index contributed by atoms with van der Waals surface area (Å²) in [5.74, 6) is 0.745. The molecule has 2 aromatic carbocycles. The second kappa shape index (κ2) is 8.67. The van der Waals surface area contributed by atoms with E-state index in [1.54, 1.807) is 0 Å². The summed E-state index contributed by atoms with van der Waals surface area (Å²) in [5, 5.41) is 3.76. The number of aryl methyl sites for hydroxylation is 2. The van der Waals surface area contributed by atoms with Gasteiger partial charge < -0.3 is 10.3 Å². The number of hydrogen-bond acceptors (Lipinski definition) is 5. The number of para-hydroxylation sites is 2. The highest BCUT2D eigenvalue weighted by atomic mass is 32.2. The Morgan fingerprint density at radius 1 is 1.03 bits per heavy atom. The molecular weight excluding hydrogens is 394 g/mol. The van der Waals surface area contributed by atoms with E-state index in [1.807, 2.05) is 68.6 Å². The number of hydrogen-bond donors (Lipinski definition) is 2. The molecule has 4 rings (SSSR count). The maximum atomic E-state index is 12.5. The van der Waals surface area contributed by atoms with Gasteiger partial charge >= 0.3 is 0 Å². The maximum absolute atomic E-state index is 12.5. The molecule has 0 fully saturated rings. The first kappa shape index (κ1) is 20.1. The summed E-state index contributed by atoms with van der Waals surface area (Å²) in [6.07, 6.45) is 2.95. The quantitative estimate of drug-likeness (QED) is 0.343. The van der Waals surface area contributed by atoms with E-state index in [1.165, 1.54) is 11.8 Å². The molecule has 2 aromatic heterocycles. The van der Waals surface area contributed by atoms with Crippen molar-refractivity contribution in [1.82, 2.24) is 19.9 Å². The van der Waals surface area contributed by atoms with Gasteiger partial charge in [0.2, 0.25) is 5.91 Å². The van der Waals surface area contributed by atoms with Gasteiger partial charge in [-0.25, -0.2) is 15.0 Å². The lowest BCUT2D eigenvalue weighted by Gasteiger charge is -2.10. The van der Waals surface area contributed by atoms with E-state index in [4.69, 9.17) is 0 Å². The first-order chi connectivity index (χ1) is 14.5. The number of nitrogens with one attached hydrogen (secondary N) is 2. The Kier molecular flexibility index (Phi) is 5.81. The number of anilines is 1. The van der Waals surface area contributed by atoms with Crippen molar-refractivity contribution in [3.63, 3.8) is 0 Å². The fraction of sp³-hybridized carbons (Fsp3) is 0.217. The summed E-state index contributed by atoms with van der Waals surface area (Å²) in [5.41, 5.74) is 6.50. The van der Waals surface area contributed by atoms with E-state index in [0.29, 0.717) is 12.8 Å². The van der Waals surface area contributed by atoms with Gasteiger partial charge in [-0.1, -0.05) is 36.0 Å². The van der Waals surface area contributed by atoms with Crippen LogP contribution < -0.4 is 5.32 Å². The Bertz CT molecular complexity index is 1160. The molecule has 0 unspecified atom stereocenters. The van der Waals surface area contributed by atoms with E-state index in [0.717, 1.165) is 50.2 Å². The van der Waals surface area contributed by atoms with Gasteiger partial charge in [0.15, 0.2) is 5.16 Å². The van der Waals surface area contributed by atoms with Crippen molar-refractivity contribution in [2.75, 3.05) is 11.6 Å². The zero-order valence-electron chi connectivity index (χ0n) is 17.2. The second-order valence-corrected chi connectivity index (χ2v) is 7.86. The van der Waals surface area contributed by atoms with Crippen LogP contribution in [0.3, 0.4) is 0 Å². The lowest BCUT2D eigenvalue weighted by molar-refractivity contribution is -0.116. The van der Waals surface area contributed by atoms with Crippen molar-refractivity contribution in [2.45, 2.75) is 31.8 Å². The molecular formula is C23H23N5OS. The van der Waals surface area contributed by atoms with Crippen molar-refractivity contribution in [3.05, 3.63) is 65.5 Å². The first-order valence-corrected chi connectivity index (χ1v) is 11.0. The SMILES string of the molecule is CSc1nc(C)c(CCC(=O)Nc2cccc(-c3nc4ccccc4[nH]3)c2)c(C)n1. The Morgan fingerprint density at radius 2 is 1.80 bits per heavy atom. The second-order valence-electron chi connectivity index (χ2n) is 7.09. The van der Waals surface area contributed by atoms with Crippen molar-refractivity contribution >= 4 is 34.4 Å². The number of imidazole rings is 1. The molecule has 1 amide bonds. The average Bonchev–Trinajstić information content (AvgIpc) is 3.17. The number of nitrogens with zero attached hydrogens (tertiary/aromatic N) is 3. The fourth-order valence-electron chi connectivity index (χ4n) is 3.46. The van der Waals surface area contributed by atoms with Crippen LogP contribution in [0.5, 0.6) is 0 Å². The van der Waals surface area contributed by atoms with Crippen LogP contribution in [0, 0.1) is 13.8 Å². The number of amides is 1. The van der Waals surface area contributed by atoms with Gasteiger partial charge in [0.25, 0.3) is 0 Å². The predicted octanol–water partition coefficient (Wildman–Crippen LogP) is 4.93. The van der Waals surface area contributed by atoms with E-state index in [9.17, 15) is 4.79 Å². The van der Waals surface area contributed by atoms with Crippen molar-refractivity contribution in [2.24, 2.45) is 0 Å². The van der Waals surface area contributed by atoms with Crippen LogP contribution in [0.25, 0.3) is 22.4 Å². The zero-order valence-corrected chi connectivity index (χ0v) is 18.0. The van der Waals surface area contributed by atoms with Gasteiger partial charge in [0, 0.05) is 29.1 Å². The van der Waals surface area contributed by atoms with Gasteiger partial charge in [-0.05, 0) is 56.4 Å². The largest absolute Gasteiger partial charge is 0.338 e. The Balaban J connectivity index is 1.45. The summed E-state index contributed by atoms with van der Waals surface area (Å²) in [6.45, 7) is 3.94. The van der Waals surface area contributed by atoms with Crippen LogP contribution in [0.1, 0.15) is 23.4 Å². The number of aromatic nitrogens is 4. The van der Waals surface area contributed by atoms with Gasteiger partial charge in [-0.15, -0.1) is 0 Å². The number of fused-ring (bicyclic) bond motifs is 1. The summed E-state index contributed by atoms with van der Waals surface area (Å²) in [6, 6.07) is 15.6. The highest BCUT2D eigenvalue weighted by Gasteiger charge is 2.12. The molecule has 0 atom stereocenters. The van der Waals surface area contributed by atoms with Crippen LogP contribution in [0.2, 0.25) is 0 Å². The molecule has 0 aliphatic rings. The standard InChI is InChI=1S/C23H23N5OS/c1-14-18(15(2)25-23(24-14)30-3)11-12-21(29)26-17-8-6-7-16(13-17)22-27-19-9-4-5-10-20(19)28-22/h4-10,13H,11-12H2,1-3H3,(H,26,29)(H,27,28). The molecule has 6 nitrogen and oxygen atoms in total. The Labute approximate surface area is 179 Å². The third-order valence-electron chi connectivity index (χ3n) is 4.99. The minimum absolute atomic E-state index is 0.0375. The summed E-state index contributed by atoms with van der Waals surface area (Å²) in [4.78, 5) is 29.5. The topological polar surface area (TPSA) is 83.6 Å². The van der Waals surface area contributed by atoms with Crippen LogP contribution in [0.4, 0.5) is 5.69 Å². The van der Waals surface area contributed by atoms with Gasteiger partial charge in [0.05, 0.1) is 11.0 Å². The van der Waals surface area contributed by atoms with Crippen molar-refractivity contribution < 1.29 is 4.79 Å². The number of carbonyl (C=O) groups excluding carboxylic acids is 1. The Hall–Kier alpha value is -3.19. The first-order valence-electron chi connectivity index (χ1n) is 9.76. The minimum atomic E-state index is -0.0375. The average molecular weight is 418 g/mol. The lowest BCUT2D eigenvalue weighted by atomic mass is 10.1. The lowest BCUT2D eigenvalue weighted by Crippen LogP contribution is -2.13. The molecule has 152 valence electrons. The number of thioether (sulfide) groups is 1. The number of benzene rings is 2. The van der Waals surface area contributed by atoms with Gasteiger partial charge in [-0.2, -0.15) is 0 Å². The third kappa shape index (κ3) is 4.36. The van der Waals surface area contributed by atoms with Crippen LogP contribution >= 0.6 is 11.8 Å². The highest BCUT2D eigenvalue weighted by Crippen LogP contribution is 2.23. The monoisotopic (exact) mass is 417 g/mol. The third-order valence-corrected chi connectivity index (χ3v) is 5.54. The summed E-state index contributed by atoms with van der Waals surface area (Å²) in [7, 11) is 0. The zero-order chi connectivity index (χ0) is 21.1. The number of carbonyl (C=O) groups is 1. The van der Waals surface area contributed by atoms with E-state index in [2.05, 4.69) is 25.3 Å². The molecule has 0 aliphatic carbocycles. The van der Waals surface area contributed by atoms with Gasteiger partial charge in [-0.3, -0.25) is 4.79 Å². The van der Waals surface area contributed by atoms with E-state index in [-0.39, 0.29) is 5.91 Å². The van der Waals surface area contributed by atoms with Crippen LogP contribution in [0.15, 0.2) is 53.7 Å². The molecule has 4 aromatic rings. The van der Waals surface area contributed by atoms with Crippen LogP contribution in [-0.4, -0.2) is 32.1 Å².